The van der Waals surface area contributed by atoms with Crippen LogP contribution >= 0.6 is 0 Å². The van der Waals surface area contributed by atoms with Crippen molar-refractivity contribution < 1.29 is 67.1 Å². The van der Waals surface area contributed by atoms with E-state index >= 15 is 0 Å². The SMILES string of the molecule is CC(=O)Cc1cccc(C)c1.CC(=O)Cc1cccc(C)c1.Cc1cccc(CC(=O)O)c1.Cc1cccc(CC(C)(O)S(=O)(=O)[O-])c1.[Na+]. The molecule has 49 heavy (non-hydrogen) atoms. The van der Waals surface area contributed by atoms with Gasteiger partial charge in [0.15, 0.2) is 4.93 Å². The number of aliphatic hydroxyl groups is 1. The van der Waals surface area contributed by atoms with Crippen molar-refractivity contribution in [2.45, 2.75) is 79.1 Å². The zero-order chi connectivity index (χ0) is 36.5. The Labute approximate surface area is 313 Å². The zero-order valence-electron chi connectivity index (χ0n) is 29.8. The number of Topliss-reactive ketones (excluding diaryl/α,β-unsaturated/α-hetero) is 2. The molecule has 0 aromatic heterocycles. The Morgan fingerprint density at radius 1 is 0.612 bits per heavy atom. The van der Waals surface area contributed by atoms with E-state index in [9.17, 15) is 32.5 Å². The number of aliphatic carboxylic acids is 1. The minimum atomic E-state index is -4.71. The van der Waals surface area contributed by atoms with Crippen LogP contribution in [0.1, 0.15) is 65.3 Å². The maximum Gasteiger partial charge on any atom is 1.00 e. The van der Waals surface area contributed by atoms with Gasteiger partial charge in [0.25, 0.3) is 0 Å². The van der Waals surface area contributed by atoms with Crippen molar-refractivity contribution in [2.75, 3.05) is 0 Å². The molecular formula is C39H47NaO8S. The van der Waals surface area contributed by atoms with Gasteiger partial charge in [0.1, 0.15) is 21.7 Å². The zero-order valence-corrected chi connectivity index (χ0v) is 32.6. The van der Waals surface area contributed by atoms with E-state index in [1.165, 1.54) is 11.1 Å². The third-order valence-corrected chi connectivity index (χ3v) is 7.88. The molecular weight excluding hydrogens is 651 g/mol. The molecule has 0 aliphatic carbocycles. The number of carboxylic acids is 1. The Morgan fingerprint density at radius 3 is 1.16 bits per heavy atom. The summed E-state index contributed by atoms with van der Waals surface area (Å²) in [6.07, 6.45) is 1.03. The van der Waals surface area contributed by atoms with Gasteiger partial charge in [0.2, 0.25) is 0 Å². The van der Waals surface area contributed by atoms with Gasteiger partial charge in [-0.15, -0.1) is 0 Å². The number of hydrogen-bond acceptors (Lipinski definition) is 7. The van der Waals surface area contributed by atoms with Crippen LogP contribution in [-0.4, -0.2) is 45.7 Å². The van der Waals surface area contributed by atoms with Crippen LogP contribution in [0.3, 0.4) is 0 Å². The van der Waals surface area contributed by atoms with Gasteiger partial charge < -0.3 is 14.8 Å². The first-order valence-corrected chi connectivity index (χ1v) is 16.8. The summed E-state index contributed by atoms with van der Waals surface area (Å²) in [7, 11) is -4.71. The van der Waals surface area contributed by atoms with Gasteiger partial charge in [0, 0.05) is 19.3 Å². The second-order valence-electron chi connectivity index (χ2n) is 12.1. The summed E-state index contributed by atoms with van der Waals surface area (Å²) < 4.78 is 32.2. The maximum absolute atomic E-state index is 10.7. The van der Waals surface area contributed by atoms with Crippen LogP contribution < -0.4 is 29.6 Å². The van der Waals surface area contributed by atoms with Crippen LogP contribution in [0.2, 0.25) is 0 Å². The van der Waals surface area contributed by atoms with Crippen molar-refractivity contribution in [3.63, 3.8) is 0 Å². The number of ketones is 2. The summed E-state index contributed by atoms with van der Waals surface area (Å²) in [6.45, 7) is 12.1. The molecule has 0 radical (unpaired) electrons. The van der Waals surface area contributed by atoms with Crippen molar-refractivity contribution >= 4 is 27.7 Å². The fraction of sp³-hybridized carbons (Fsp3) is 0.308. The first-order valence-electron chi connectivity index (χ1n) is 15.4. The molecule has 10 heteroatoms. The van der Waals surface area contributed by atoms with Crippen LogP contribution in [0.5, 0.6) is 0 Å². The van der Waals surface area contributed by atoms with Crippen molar-refractivity contribution in [3.8, 4) is 0 Å². The van der Waals surface area contributed by atoms with Crippen molar-refractivity contribution in [1.29, 1.82) is 0 Å². The summed E-state index contributed by atoms with van der Waals surface area (Å²) in [5.74, 6) is -0.346. The number of hydrogen-bond donors (Lipinski definition) is 2. The molecule has 0 heterocycles. The Kier molecular flexibility index (Phi) is 20.7. The van der Waals surface area contributed by atoms with E-state index in [1.54, 1.807) is 32.0 Å². The average Bonchev–Trinajstić information content (AvgIpc) is 2.92. The minimum absolute atomic E-state index is 0. The number of aryl methyl sites for hydroxylation is 4. The molecule has 0 spiro atoms. The number of benzene rings is 4. The quantitative estimate of drug-likeness (QED) is 0.199. The normalized spacial score (nSPS) is 11.4. The van der Waals surface area contributed by atoms with E-state index < -0.39 is 21.0 Å². The second kappa shape index (κ2) is 22.3. The molecule has 0 aliphatic rings. The molecule has 0 saturated carbocycles. The topological polar surface area (TPSA) is 149 Å². The molecule has 4 aromatic rings. The van der Waals surface area contributed by atoms with Crippen LogP contribution in [0, 0.1) is 27.7 Å². The molecule has 0 fully saturated rings. The molecule has 8 nitrogen and oxygen atoms in total. The number of carbonyl (C=O) groups excluding carboxylic acids is 2. The van der Waals surface area contributed by atoms with E-state index in [-0.39, 0.29) is 54.0 Å². The Bertz CT molecular complexity index is 1630. The van der Waals surface area contributed by atoms with E-state index in [2.05, 4.69) is 0 Å². The first-order chi connectivity index (χ1) is 22.3. The third kappa shape index (κ3) is 20.6. The van der Waals surface area contributed by atoms with Crippen molar-refractivity contribution in [2.24, 2.45) is 0 Å². The molecule has 4 aromatic carbocycles. The molecule has 1 unspecified atom stereocenters. The minimum Gasteiger partial charge on any atom is -0.746 e. The van der Waals surface area contributed by atoms with Gasteiger partial charge >= 0.3 is 35.5 Å². The average molecular weight is 699 g/mol. The van der Waals surface area contributed by atoms with E-state index in [0.717, 1.165) is 34.7 Å². The first kappa shape index (κ1) is 45.6. The second-order valence-corrected chi connectivity index (χ2v) is 13.9. The third-order valence-electron chi connectivity index (χ3n) is 6.66. The maximum atomic E-state index is 10.7. The van der Waals surface area contributed by atoms with Crippen LogP contribution in [0.25, 0.3) is 0 Å². The summed E-state index contributed by atoms with van der Waals surface area (Å²) in [5, 5.41) is 18.0. The Morgan fingerprint density at radius 2 is 0.898 bits per heavy atom. The standard InChI is InChI=1S/C10H14O4S.2C10H12O.C9H10O2.Na/c1-8-4-3-5-9(6-8)7-10(2,11)15(12,13)14;2*1-8-4-3-5-10(6-8)7-9(2)11;1-7-3-2-4-8(5-7)6-9(10)11;/h3-6,11H,7H2,1-2H3,(H,12,13,14);2*3-6H,7H2,1-2H3;2-5H,6H2,1H3,(H,10,11);/q;;;;+1/p-1. The summed E-state index contributed by atoms with van der Waals surface area (Å²) in [6, 6.07) is 30.6. The molecule has 4 rings (SSSR count). The smallest absolute Gasteiger partial charge is 0.746 e. The number of rotatable bonds is 9. The molecule has 1 atom stereocenters. The summed E-state index contributed by atoms with van der Waals surface area (Å²) in [5.41, 5.74) is 8.18. The fourth-order valence-corrected chi connectivity index (χ4v) is 4.85. The fourth-order valence-electron chi connectivity index (χ4n) is 4.51. The van der Waals surface area contributed by atoms with Gasteiger partial charge in [-0.3, -0.25) is 14.4 Å². The van der Waals surface area contributed by atoms with Crippen molar-refractivity contribution in [3.05, 3.63) is 142 Å². The summed E-state index contributed by atoms with van der Waals surface area (Å²) >= 11 is 0. The monoisotopic (exact) mass is 698 g/mol. The molecule has 0 aliphatic heterocycles. The van der Waals surface area contributed by atoms with Crippen molar-refractivity contribution in [1.82, 2.24) is 0 Å². The largest absolute Gasteiger partial charge is 1.00 e. The molecule has 2 N–H and O–H groups in total. The van der Waals surface area contributed by atoms with Gasteiger partial charge in [0.05, 0.1) is 6.42 Å². The van der Waals surface area contributed by atoms with E-state index in [1.807, 2.05) is 107 Å². The molecule has 0 bridgehead atoms. The summed E-state index contributed by atoms with van der Waals surface area (Å²) in [4.78, 5) is 29.5. The molecule has 0 saturated heterocycles. The van der Waals surface area contributed by atoms with E-state index in [0.29, 0.717) is 18.4 Å². The Balaban J connectivity index is 0.000000629. The molecule has 0 amide bonds. The van der Waals surface area contributed by atoms with Crippen LogP contribution in [-0.2, 0) is 50.2 Å². The number of carboxylic acid groups (broad SMARTS) is 1. The van der Waals surface area contributed by atoms with Crippen LogP contribution in [0.15, 0.2) is 97.1 Å². The predicted molar refractivity (Wildman–Crippen MR) is 189 cm³/mol. The van der Waals surface area contributed by atoms with Gasteiger partial charge in [-0.1, -0.05) is 119 Å². The Hall–Kier alpha value is -3.44. The predicted octanol–water partition coefficient (Wildman–Crippen LogP) is 3.67. The van der Waals surface area contributed by atoms with E-state index in [4.69, 9.17) is 5.11 Å². The van der Waals surface area contributed by atoms with Gasteiger partial charge in [-0.2, -0.15) is 0 Å². The van der Waals surface area contributed by atoms with Gasteiger partial charge in [-0.05, 0) is 70.7 Å². The van der Waals surface area contributed by atoms with Gasteiger partial charge in [-0.25, -0.2) is 8.42 Å². The number of carbonyl (C=O) groups is 3. The molecule has 258 valence electrons. The van der Waals surface area contributed by atoms with Crippen LogP contribution in [0.4, 0.5) is 0 Å².